The first kappa shape index (κ1) is 13.1. The Morgan fingerprint density at radius 3 is 3.00 bits per heavy atom. The lowest BCUT2D eigenvalue weighted by atomic mass is 9.89. The van der Waals surface area contributed by atoms with Crippen molar-refractivity contribution in [1.82, 2.24) is 19.8 Å². The molecule has 4 nitrogen and oxygen atoms in total. The SMILES string of the molecule is c1cn2c(n1)CN(CCNCC1CCCCC1)CC2. The van der Waals surface area contributed by atoms with Crippen molar-refractivity contribution in [3.8, 4) is 0 Å². The number of rotatable bonds is 5. The largest absolute Gasteiger partial charge is 0.333 e. The molecule has 1 aliphatic carbocycles. The van der Waals surface area contributed by atoms with Gasteiger partial charge in [0.15, 0.2) is 0 Å². The fourth-order valence-corrected chi connectivity index (χ4v) is 3.35. The van der Waals surface area contributed by atoms with E-state index in [1.807, 2.05) is 6.20 Å². The molecule has 0 unspecified atom stereocenters. The predicted molar refractivity (Wildman–Crippen MR) is 76.9 cm³/mol. The van der Waals surface area contributed by atoms with E-state index in [9.17, 15) is 0 Å². The van der Waals surface area contributed by atoms with E-state index in [0.717, 1.165) is 38.6 Å². The standard InChI is InChI=1S/C15H26N4/c1-2-4-14(5-3-1)12-16-6-8-18-10-11-19-9-7-17-15(19)13-18/h7,9,14,16H,1-6,8,10-13H2. The quantitative estimate of drug-likeness (QED) is 0.822. The van der Waals surface area contributed by atoms with Crippen LogP contribution in [0.5, 0.6) is 0 Å². The summed E-state index contributed by atoms with van der Waals surface area (Å²) in [4.78, 5) is 6.92. The molecule has 4 heteroatoms. The van der Waals surface area contributed by atoms with Crippen LogP contribution in [0.3, 0.4) is 0 Å². The fourth-order valence-electron chi connectivity index (χ4n) is 3.35. The van der Waals surface area contributed by atoms with Gasteiger partial charge in [-0.05, 0) is 25.3 Å². The molecular formula is C15H26N4. The summed E-state index contributed by atoms with van der Waals surface area (Å²) in [5, 5.41) is 3.65. The van der Waals surface area contributed by atoms with E-state index in [-0.39, 0.29) is 0 Å². The molecule has 2 heterocycles. The van der Waals surface area contributed by atoms with Gasteiger partial charge in [0.1, 0.15) is 5.82 Å². The van der Waals surface area contributed by atoms with Gasteiger partial charge in [-0.1, -0.05) is 19.3 Å². The van der Waals surface area contributed by atoms with Gasteiger partial charge < -0.3 is 9.88 Å². The molecule has 0 saturated heterocycles. The number of nitrogens with zero attached hydrogens (tertiary/aromatic N) is 3. The van der Waals surface area contributed by atoms with E-state index in [1.54, 1.807) is 0 Å². The predicted octanol–water partition coefficient (Wildman–Crippen LogP) is 1.87. The van der Waals surface area contributed by atoms with Crippen LogP contribution in [-0.4, -0.2) is 40.6 Å². The third-order valence-electron chi connectivity index (χ3n) is 4.59. The number of hydrogen-bond donors (Lipinski definition) is 1. The highest BCUT2D eigenvalue weighted by molar-refractivity contribution is 4.95. The molecule has 0 bridgehead atoms. The Labute approximate surface area is 116 Å². The van der Waals surface area contributed by atoms with E-state index in [1.165, 1.54) is 44.5 Å². The molecule has 2 aliphatic rings. The van der Waals surface area contributed by atoms with E-state index in [4.69, 9.17) is 0 Å². The van der Waals surface area contributed by atoms with E-state index >= 15 is 0 Å². The second-order valence-corrected chi connectivity index (χ2v) is 6.02. The Morgan fingerprint density at radius 2 is 2.11 bits per heavy atom. The minimum Gasteiger partial charge on any atom is -0.333 e. The number of hydrogen-bond acceptors (Lipinski definition) is 3. The minimum atomic E-state index is 0.939. The maximum atomic E-state index is 4.41. The monoisotopic (exact) mass is 262 g/mol. The number of nitrogens with one attached hydrogen (secondary N) is 1. The van der Waals surface area contributed by atoms with Crippen LogP contribution in [0.15, 0.2) is 12.4 Å². The number of aromatic nitrogens is 2. The van der Waals surface area contributed by atoms with Gasteiger partial charge in [0, 0.05) is 38.6 Å². The van der Waals surface area contributed by atoms with Crippen LogP contribution in [0.2, 0.25) is 0 Å². The van der Waals surface area contributed by atoms with Gasteiger partial charge in [-0.25, -0.2) is 4.98 Å². The van der Waals surface area contributed by atoms with Crippen molar-refractivity contribution in [2.75, 3.05) is 26.2 Å². The molecule has 1 fully saturated rings. The summed E-state index contributed by atoms with van der Waals surface area (Å²) in [5.41, 5.74) is 0. The summed E-state index contributed by atoms with van der Waals surface area (Å²) in [6, 6.07) is 0. The molecule has 19 heavy (non-hydrogen) atoms. The smallest absolute Gasteiger partial charge is 0.122 e. The lowest BCUT2D eigenvalue weighted by Gasteiger charge is -2.28. The summed E-state index contributed by atoms with van der Waals surface area (Å²) in [6.45, 7) is 6.77. The van der Waals surface area contributed by atoms with E-state index < -0.39 is 0 Å². The van der Waals surface area contributed by atoms with Crippen LogP contribution >= 0.6 is 0 Å². The zero-order valence-electron chi connectivity index (χ0n) is 11.9. The topological polar surface area (TPSA) is 33.1 Å². The average Bonchev–Trinajstić information content (AvgIpc) is 2.92. The Balaban J connectivity index is 1.32. The van der Waals surface area contributed by atoms with Gasteiger partial charge >= 0.3 is 0 Å². The highest BCUT2D eigenvalue weighted by atomic mass is 15.2. The fraction of sp³-hybridized carbons (Fsp3) is 0.800. The highest BCUT2D eigenvalue weighted by Crippen LogP contribution is 2.22. The highest BCUT2D eigenvalue weighted by Gasteiger charge is 2.16. The van der Waals surface area contributed by atoms with Gasteiger partial charge in [0.2, 0.25) is 0 Å². The molecule has 1 aliphatic heterocycles. The Morgan fingerprint density at radius 1 is 1.21 bits per heavy atom. The maximum Gasteiger partial charge on any atom is 0.122 e. The van der Waals surface area contributed by atoms with Crippen LogP contribution < -0.4 is 5.32 Å². The van der Waals surface area contributed by atoms with Crippen molar-refractivity contribution in [2.24, 2.45) is 5.92 Å². The lowest BCUT2D eigenvalue weighted by molar-refractivity contribution is 0.214. The second-order valence-electron chi connectivity index (χ2n) is 6.02. The summed E-state index contributed by atoms with van der Waals surface area (Å²) in [6.07, 6.45) is 11.2. The van der Waals surface area contributed by atoms with E-state index in [2.05, 4.69) is 26.0 Å². The molecule has 1 saturated carbocycles. The zero-order chi connectivity index (χ0) is 12.9. The molecule has 0 atom stereocenters. The summed E-state index contributed by atoms with van der Waals surface area (Å²) in [5.74, 6) is 2.16. The molecular weight excluding hydrogens is 236 g/mol. The van der Waals surface area contributed by atoms with Crippen molar-refractivity contribution >= 4 is 0 Å². The normalized spacial score (nSPS) is 21.5. The third kappa shape index (κ3) is 3.57. The van der Waals surface area contributed by atoms with Gasteiger partial charge in [0.25, 0.3) is 0 Å². The molecule has 0 aromatic carbocycles. The van der Waals surface area contributed by atoms with Crippen LogP contribution in [-0.2, 0) is 13.1 Å². The van der Waals surface area contributed by atoms with Crippen LogP contribution in [0.4, 0.5) is 0 Å². The molecule has 0 amide bonds. The summed E-state index contributed by atoms with van der Waals surface area (Å²) in [7, 11) is 0. The Bertz CT molecular complexity index is 381. The Kier molecular flexibility index (Phi) is 4.51. The van der Waals surface area contributed by atoms with Crippen molar-refractivity contribution in [1.29, 1.82) is 0 Å². The van der Waals surface area contributed by atoms with E-state index in [0.29, 0.717) is 0 Å². The molecule has 106 valence electrons. The van der Waals surface area contributed by atoms with Crippen molar-refractivity contribution in [2.45, 2.75) is 45.2 Å². The summed E-state index contributed by atoms with van der Waals surface area (Å²) < 4.78 is 2.27. The third-order valence-corrected chi connectivity index (χ3v) is 4.59. The first-order valence-electron chi connectivity index (χ1n) is 7.85. The lowest BCUT2D eigenvalue weighted by Crippen LogP contribution is -2.39. The first-order chi connectivity index (χ1) is 9.42. The van der Waals surface area contributed by atoms with Crippen LogP contribution in [0, 0.1) is 5.92 Å². The molecule has 0 spiro atoms. The molecule has 1 aromatic heterocycles. The van der Waals surface area contributed by atoms with Crippen molar-refractivity contribution in [3.63, 3.8) is 0 Å². The summed E-state index contributed by atoms with van der Waals surface area (Å²) >= 11 is 0. The first-order valence-corrected chi connectivity index (χ1v) is 7.85. The van der Waals surface area contributed by atoms with Gasteiger partial charge in [-0.15, -0.1) is 0 Å². The second kappa shape index (κ2) is 6.53. The zero-order valence-corrected chi connectivity index (χ0v) is 11.9. The van der Waals surface area contributed by atoms with Gasteiger partial charge in [-0.2, -0.15) is 0 Å². The van der Waals surface area contributed by atoms with Crippen LogP contribution in [0.1, 0.15) is 37.9 Å². The van der Waals surface area contributed by atoms with Crippen LogP contribution in [0.25, 0.3) is 0 Å². The molecule has 3 rings (SSSR count). The van der Waals surface area contributed by atoms with Gasteiger partial charge in [-0.3, -0.25) is 4.90 Å². The maximum absolute atomic E-state index is 4.41. The number of fused-ring (bicyclic) bond motifs is 1. The van der Waals surface area contributed by atoms with Crippen molar-refractivity contribution in [3.05, 3.63) is 18.2 Å². The molecule has 1 N–H and O–H groups in total. The average molecular weight is 262 g/mol. The molecule has 1 aromatic rings. The molecule has 0 radical (unpaired) electrons. The Hall–Kier alpha value is -0.870. The number of imidazole rings is 1. The van der Waals surface area contributed by atoms with Gasteiger partial charge in [0.05, 0.1) is 6.54 Å². The minimum absolute atomic E-state index is 0.939. The van der Waals surface area contributed by atoms with Crippen molar-refractivity contribution < 1.29 is 0 Å².